The zero-order chi connectivity index (χ0) is 16.9. The van der Waals surface area contributed by atoms with Crippen molar-refractivity contribution in [2.75, 3.05) is 7.11 Å². The summed E-state index contributed by atoms with van der Waals surface area (Å²) >= 11 is 0. The first kappa shape index (κ1) is 15.5. The minimum atomic E-state index is -0.427. The van der Waals surface area contributed by atoms with Crippen molar-refractivity contribution in [3.63, 3.8) is 0 Å². The van der Waals surface area contributed by atoms with Crippen molar-refractivity contribution in [1.82, 2.24) is 5.16 Å². The van der Waals surface area contributed by atoms with E-state index in [4.69, 9.17) is 4.74 Å². The maximum Gasteiger partial charge on any atom is 0.337 e. The van der Waals surface area contributed by atoms with Crippen LogP contribution in [0.4, 0.5) is 0 Å². The van der Waals surface area contributed by atoms with E-state index < -0.39 is 5.97 Å². The number of hydrogen-bond acceptors (Lipinski definition) is 6. The Hall–Kier alpha value is -3.35. The highest BCUT2D eigenvalue weighted by Gasteiger charge is 2.21. The highest BCUT2D eigenvalue weighted by Crippen LogP contribution is 2.21. The maximum atomic E-state index is 11.8. The Balaban J connectivity index is 1.76. The molecule has 0 bridgehead atoms. The summed E-state index contributed by atoms with van der Waals surface area (Å²) in [7, 11) is 1.32. The quantitative estimate of drug-likeness (QED) is 0.528. The van der Waals surface area contributed by atoms with Gasteiger partial charge in [-0.1, -0.05) is 30.3 Å². The monoisotopic (exact) mass is 326 g/mol. The average molecular weight is 326 g/mol. The van der Waals surface area contributed by atoms with E-state index in [0.717, 1.165) is 5.56 Å². The molecule has 0 saturated carbocycles. The molecule has 0 unspecified atom stereocenters. The van der Waals surface area contributed by atoms with Gasteiger partial charge in [-0.2, -0.15) is 0 Å². The number of carbonyl (C=O) groups is 1. The molecule has 0 fully saturated rings. The number of esters is 1. The zero-order valence-corrected chi connectivity index (χ0v) is 12.8. The molecule has 0 aliphatic heterocycles. The summed E-state index contributed by atoms with van der Waals surface area (Å²) in [6, 6.07) is 15.6. The molecule has 0 spiro atoms. The van der Waals surface area contributed by atoms with E-state index in [2.05, 4.69) is 14.5 Å². The average Bonchev–Trinajstić information content (AvgIpc) is 3.01. The van der Waals surface area contributed by atoms with Crippen LogP contribution in [0.25, 0.3) is 11.3 Å². The fraction of sp³-hybridized carbons (Fsp3) is 0.118. The molecule has 1 heterocycles. The van der Waals surface area contributed by atoms with Gasteiger partial charge < -0.3 is 14.7 Å². The van der Waals surface area contributed by atoms with E-state index in [0.29, 0.717) is 21.9 Å². The third kappa shape index (κ3) is 3.19. The Morgan fingerprint density at radius 3 is 2.54 bits per heavy atom. The van der Waals surface area contributed by atoms with Gasteiger partial charge in [-0.05, 0) is 29.2 Å². The zero-order valence-electron chi connectivity index (χ0n) is 12.8. The van der Waals surface area contributed by atoms with Crippen LogP contribution >= 0.6 is 0 Å². The molecule has 0 amide bonds. The van der Waals surface area contributed by atoms with Crippen LogP contribution in [0.1, 0.15) is 16.1 Å². The second kappa shape index (κ2) is 6.82. The van der Waals surface area contributed by atoms with Gasteiger partial charge in [0.2, 0.25) is 5.69 Å². The van der Waals surface area contributed by atoms with E-state index in [9.17, 15) is 10.0 Å². The van der Waals surface area contributed by atoms with Crippen molar-refractivity contribution < 1.29 is 23.8 Å². The van der Waals surface area contributed by atoms with Crippen molar-refractivity contribution in [1.29, 1.82) is 0 Å². The van der Waals surface area contributed by atoms with Crippen LogP contribution in [0.5, 0.6) is 5.75 Å². The Labute approximate surface area is 137 Å². The Morgan fingerprint density at radius 2 is 1.88 bits per heavy atom. The Bertz CT molecular complexity index is 828. The van der Waals surface area contributed by atoms with Gasteiger partial charge in [0, 0.05) is 10.7 Å². The standard InChI is InChI=1S/C17H14N2O5/c1-22-17(20)13-7-9-14(10-8-13)23-11-15-16(18-24-19(15)21)12-5-3-2-4-6-12/h2-10H,11H2,1H3. The van der Waals surface area contributed by atoms with Crippen LogP contribution in [0.2, 0.25) is 0 Å². The number of hydrogen-bond donors (Lipinski definition) is 0. The van der Waals surface area contributed by atoms with Crippen LogP contribution < -0.4 is 9.64 Å². The lowest BCUT2D eigenvalue weighted by Crippen LogP contribution is -2.29. The fourth-order valence-corrected chi connectivity index (χ4v) is 2.16. The number of carbonyl (C=O) groups excluding carboxylic acids is 1. The van der Waals surface area contributed by atoms with E-state index in [-0.39, 0.29) is 12.3 Å². The van der Waals surface area contributed by atoms with E-state index in [1.165, 1.54) is 7.11 Å². The smallest absolute Gasteiger partial charge is 0.337 e. The van der Waals surface area contributed by atoms with Gasteiger partial charge in [0.25, 0.3) is 5.69 Å². The van der Waals surface area contributed by atoms with Gasteiger partial charge in [-0.3, -0.25) is 4.63 Å². The highest BCUT2D eigenvalue weighted by atomic mass is 16.8. The molecule has 0 aliphatic rings. The normalized spacial score (nSPS) is 10.4. The van der Waals surface area contributed by atoms with E-state index >= 15 is 0 Å². The molecule has 122 valence electrons. The van der Waals surface area contributed by atoms with Gasteiger partial charge >= 0.3 is 5.97 Å². The second-order valence-electron chi connectivity index (χ2n) is 4.90. The summed E-state index contributed by atoms with van der Waals surface area (Å²) in [4.78, 5) is 11.7. The number of nitrogens with zero attached hydrogens (tertiary/aromatic N) is 2. The third-order valence-corrected chi connectivity index (χ3v) is 3.40. The van der Waals surface area contributed by atoms with E-state index in [1.807, 2.05) is 30.3 Å². The number of rotatable bonds is 5. The van der Waals surface area contributed by atoms with Crippen molar-refractivity contribution in [2.45, 2.75) is 6.61 Å². The molecule has 7 nitrogen and oxygen atoms in total. The SMILES string of the molecule is COC(=O)c1ccc(OCc2c(-c3ccccc3)no[n+]2[O-])cc1. The van der Waals surface area contributed by atoms with Crippen molar-refractivity contribution >= 4 is 5.97 Å². The summed E-state index contributed by atoms with van der Waals surface area (Å²) < 4.78 is 14.9. The summed E-state index contributed by atoms with van der Waals surface area (Å²) in [6.45, 7) is -0.0190. The summed E-state index contributed by atoms with van der Waals surface area (Å²) in [5, 5.41) is 15.5. The fourth-order valence-electron chi connectivity index (χ4n) is 2.16. The van der Waals surface area contributed by atoms with Crippen molar-refractivity contribution in [3.8, 4) is 17.0 Å². The van der Waals surface area contributed by atoms with Crippen LogP contribution in [-0.4, -0.2) is 18.2 Å². The van der Waals surface area contributed by atoms with Crippen LogP contribution in [0, 0.1) is 5.21 Å². The third-order valence-electron chi connectivity index (χ3n) is 3.40. The first-order chi connectivity index (χ1) is 11.7. The molecular formula is C17H14N2O5. The first-order valence-electron chi connectivity index (χ1n) is 7.14. The summed E-state index contributed by atoms with van der Waals surface area (Å²) in [5.74, 6) is 0.0761. The van der Waals surface area contributed by atoms with Crippen molar-refractivity contribution in [3.05, 3.63) is 71.1 Å². The maximum absolute atomic E-state index is 11.8. The molecule has 3 aromatic rings. The molecule has 0 radical (unpaired) electrons. The lowest BCUT2D eigenvalue weighted by Gasteiger charge is -2.05. The van der Waals surface area contributed by atoms with Gasteiger partial charge in [0.15, 0.2) is 6.61 Å². The molecule has 0 aliphatic carbocycles. The molecule has 0 saturated heterocycles. The highest BCUT2D eigenvalue weighted by molar-refractivity contribution is 5.89. The molecule has 0 N–H and O–H groups in total. The lowest BCUT2D eigenvalue weighted by molar-refractivity contribution is -0.808. The lowest BCUT2D eigenvalue weighted by atomic mass is 10.1. The summed E-state index contributed by atoms with van der Waals surface area (Å²) in [5.41, 5.74) is 1.87. The molecule has 1 aromatic heterocycles. The Morgan fingerprint density at radius 1 is 1.17 bits per heavy atom. The minimum absolute atomic E-state index is 0.0190. The minimum Gasteiger partial charge on any atom is -0.485 e. The largest absolute Gasteiger partial charge is 0.485 e. The number of ether oxygens (including phenoxy) is 2. The molecule has 7 heteroatoms. The summed E-state index contributed by atoms with van der Waals surface area (Å²) in [6.07, 6.45) is 0. The second-order valence-corrected chi connectivity index (χ2v) is 4.90. The van der Waals surface area contributed by atoms with Crippen LogP contribution in [0.15, 0.2) is 59.2 Å². The predicted molar refractivity (Wildman–Crippen MR) is 83.0 cm³/mol. The first-order valence-corrected chi connectivity index (χ1v) is 7.14. The molecule has 24 heavy (non-hydrogen) atoms. The van der Waals surface area contributed by atoms with Gasteiger partial charge in [-0.25, -0.2) is 4.79 Å². The van der Waals surface area contributed by atoms with Gasteiger partial charge in [0.05, 0.1) is 12.7 Å². The molecule has 2 aromatic carbocycles. The number of benzene rings is 2. The van der Waals surface area contributed by atoms with E-state index in [1.54, 1.807) is 24.3 Å². The van der Waals surface area contributed by atoms with Crippen LogP contribution in [0.3, 0.4) is 0 Å². The molecule has 3 rings (SSSR count). The number of aromatic nitrogens is 2. The van der Waals surface area contributed by atoms with Crippen molar-refractivity contribution in [2.24, 2.45) is 0 Å². The van der Waals surface area contributed by atoms with Gasteiger partial charge in [0.1, 0.15) is 5.75 Å². The molecular weight excluding hydrogens is 312 g/mol. The van der Waals surface area contributed by atoms with Crippen LogP contribution in [-0.2, 0) is 11.3 Å². The topological polar surface area (TPSA) is 88.5 Å². The number of methoxy groups -OCH3 is 1. The Kier molecular flexibility index (Phi) is 4.42. The molecule has 0 atom stereocenters. The van der Waals surface area contributed by atoms with Gasteiger partial charge in [-0.15, -0.1) is 0 Å². The predicted octanol–water partition coefficient (Wildman–Crippen LogP) is 2.34.